The lowest BCUT2D eigenvalue weighted by Gasteiger charge is -2.22. The van der Waals surface area contributed by atoms with Gasteiger partial charge in [-0.1, -0.05) is 18.2 Å². The second kappa shape index (κ2) is 14.3. The maximum Gasteiger partial charge on any atom is 0.416 e. The molecule has 0 fully saturated rings. The maximum atomic E-state index is 12.8. The Morgan fingerprint density at radius 3 is 2.42 bits per heavy atom. The van der Waals surface area contributed by atoms with Crippen LogP contribution in [0.1, 0.15) is 47.6 Å². The lowest BCUT2D eigenvalue weighted by Crippen LogP contribution is -2.28. The van der Waals surface area contributed by atoms with Crippen LogP contribution >= 0.6 is 0 Å². The third kappa shape index (κ3) is 9.59. The number of pyridine rings is 1. The van der Waals surface area contributed by atoms with Gasteiger partial charge in [0.1, 0.15) is 11.6 Å². The number of alkyl halides is 3. The monoisotopic (exact) mass is 557 g/mol. The first-order valence-corrected chi connectivity index (χ1v) is 12.9. The van der Waals surface area contributed by atoms with Crippen LogP contribution in [0.15, 0.2) is 60.8 Å². The van der Waals surface area contributed by atoms with Gasteiger partial charge in [0.15, 0.2) is 0 Å². The van der Waals surface area contributed by atoms with E-state index in [2.05, 4.69) is 15.0 Å². The molecule has 10 heteroatoms. The number of nitrogens with one attached hydrogen (secondary N) is 1. The van der Waals surface area contributed by atoms with Gasteiger partial charge in [0.05, 0.1) is 19.3 Å². The smallest absolute Gasteiger partial charge is 0.416 e. The molecule has 2 aromatic carbocycles. The summed E-state index contributed by atoms with van der Waals surface area (Å²) in [5, 5.41) is 3.28. The van der Waals surface area contributed by atoms with Crippen LogP contribution in [-0.2, 0) is 40.0 Å². The van der Waals surface area contributed by atoms with Gasteiger partial charge in [-0.25, -0.2) is 4.98 Å². The van der Waals surface area contributed by atoms with E-state index in [0.717, 1.165) is 53.4 Å². The van der Waals surface area contributed by atoms with Crippen LogP contribution in [0.4, 0.5) is 19.0 Å². The number of nitrogens with zero attached hydrogens (tertiary/aromatic N) is 2. The number of halogens is 3. The Morgan fingerprint density at radius 1 is 1.05 bits per heavy atom. The molecule has 0 saturated heterocycles. The van der Waals surface area contributed by atoms with Crippen molar-refractivity contribution in [2.75, 3.05) is 25.6 Å². The standard InChI is InChI=1S/C27H28F3N3O2.C3H6O2/c1-19-11-13-32-25(15-19)31-12-2-14-35-24-9-5-21-6-10-26(34)33(18-22(21)16-24)17-20-3-7-23(8-4-20)27(28,29)30;1-3(4)5-2/h3-5,7-9,11,13,15-16H,2,6,10,12,14,17-18H2,1H3,(H,31,32);1-2H3. The Labute approximate surface area is 232 Å². The number of aromatic nitrogens is 1. The summed E-state index contributed by atoms with van der Waals surface area (Å²) in [5.41, 5.74) is 3.21. The van der Waals surface area contributed by atoms with E-state index in [4.69, 9.17) is 4.74 Å². The zero-order valence-electron chi connectivity index (χ0n) is 22.9. The van der Waals surface area contributed by atoms with Crippen molar-refractivity contribution in [3.05, 3.63) is 88.6 Å². The van der Waals surface area contributed by atoms with E-state index in [1.165, 1.54) is 26.2 Å². The molecular formula is C30H34F3N3O4. The van der Waals surface area contributed by atoms with Crippen LogP contribution < -0.4 is 10.1 Å². The topological polar surface area (TPSA) is 80.8 Å². The average molecular weight is 558 g/mol. The van der Waals surface area contributed by atoms with Gasteiger partial charge in [-0.2, -0.15) is 13.2 Å². The molecule has 1 amide bonds. The molecule has 0 saturated carbocycles. The first-order chi connectivity index (χ1) is 19.0. The van der Waals surface area contributed by atoms with E-state index >= 15 is 0 Å². The molecule has 1 aromatic heterocycles. The number of methoxy groups -OCH3 is 1. The lowest BCUT2D eigenvalue weighted by atomic mass is 10.0. The van der Waals surface area contributed by atoms with E-state index in [1.807, 2.05) is 37.3 Å². The maximum absolute atomic E-state index is 12.8. The first kappa shape index (κ1) is 30.5. The molecule has 1 aliphatic rings. The molecular weight excluding hydrogens is 523 g/mol. The number of amides is 1. The zero-order chi connectivity index (χ0) is 29.1. The SMILES string of the molecule is COC(C)=O.Cc1ccnc(NCCCOc2ccc3c(c2)CN(Cc2ccc(C(F)(F)F)cc2)C(=O)CC3)c1. The summed E-state index contributed by atoms with van der Waals surface area (Å²) in [4.78, 5) is 28.2. The zero-order valence-corrected chi connectivity index (χ0v) is 22.9. The number of esters is 1. The van der Waals surface area contributed by atoms with Crippen molar-refractivity contribution in [2.45, 2.75) is 52.4 Å². The summed E-state index contributed by atoms with van der Waals surface area (Å²) < 4.78 is 48.6. The van der Waals surface area contributed by atoms with Gasteiger partial charge in [0.25, 0.3) is 0 Å². The highest BCUT2D eigenvalue weighted by atomic mass is 19.4. The van der Waals surface area contributed by atoms with Crippen LogP contribution in [0.5, 0.6) is 5.75 Å². The van der Waals surface area contributed by atoms with Crippen molar-refractivity contribution >= 4 is 17.7 Å². The number of rotatable bonds is 8. The van der Waals surface area contributed by atoms with Crippen LogP contribution in [0.3, 0.4) is 0 Å². The van der Waals surface area contributed by atoms with E-state index < -0.39 is 11.7 Å². The molecule has 0 bridgehead atoms. The van der Waals surface area contributed by atoms with Gasteiger partial charge >= 0.3 is 12.1 Å². The minimum absolute atomic E-state index is 0.0144. The summed E-state index contributed by atoms with van der Waals surface area (Å²) in [5.74, 6) is 1.32. The van der Waals surface area contributed by atoms with Crippen molar-refractivity contribution in [1.29, 1.82) is 0 Å². The van der Waals surface area contributed by atoms with Crippen molar-refractivity contribution in [3.8, 4) is 5.75 Å². The molecule has 0 atom stereocenters. The van der Waals surface area contributed by atoms with Crippen molar-refractivity contribution in [2.24, 2.45) is 0 Å². The van der Waals surface area contributed by atoms with E-state index in [1.54, 1.807) is 11.1 Å². The number of hydrogen-bond acceptors (Lipinski definition) is 6. The number of carbonyl (C=O) groups excluding carboxylic acids is 2. The van der Waals surface area contributed by atoms with Crippen LogP contribution in [-0.4, -0.2) is 42.0 Å². The summed E-state index contributed by atoms with van der Waals surface area (Å²) >= 11 is 0. The molecule has 0 radical (unpaired) electrons. The number of anilines is 1. The predicted molar refractivity (Wildman–Crippen MR) is 146 cm³/mol. The fraction of sp³-hybridized carbons (Fsp3) is 0.367. The number of benzene rings is 2. The first-order valence-electron chi connectivity index (χ1n) is 12.9. The molecule has 0 spiro atoms. The Balaban J connectivity index is 0.000000810. The van der Waals surface area contributed by atoms with E-state index in [9.17, 15) is 22.8 Å². The molecule has 40 heavy (non-hydrogen) atoms. The number of fused-ring (bicyclic) bond motifs is 1. The van der Waals surface area contributed by atoms with Crippen molar-refractivity contribution < 1.29 is 32.2 Å². The van der Waals surface area contributed by atoms with E-state index in [-0.39, 0.29) is 18.4 Å². The molecule has 1 aliphatic heterocycles. The molecule has 2 heterocycles. The van der Waals surface area contributed by atoms with E-state index in [0.29, 0.717) is 31.6 Å². The number of hydrogen-bond donors (Lipinski definition) is 1. The van der Waals surface area contributed by atoms with Gasteiger partial charge < -0.3 is 19.7 Å². The molecule has 7 nitrogen and oxygen atoms in total. The fourth-order valence-electron chi connectivity index (χ4n) is 4.05. The van der Waals surface area contributed by atoms with Gasteiger partial charge in [-0.3, -0.25) is 9.59 Å². The lowest BCUT2D eigenvalue weighted by molar-refractivity contribution is -0.138. The highest BCUT2D eigenvalue weighted by Gasteiger charge is 2.30. The van der Waals surface area contributed by atoms with Gasteiger partial charge in [0.2, 0.25) is 5.91 Å². The minimum Gasteiger partial charge on any atom is -0.494 e. The van der Waals surface area contributed by atoms with Crippen LogP contribution in [0.25, 0.3) is 0 Å². The highest BCUT2D eigenvalue weighted by molar-refractivity contribution is 5.77. The number of carbonyl (C=O) groups is 2. The van der Waals surface area contributed by atoms with Crippen LogP contribution in [0.2, 0.25) is 0 Å². The highest BCUT2D eigenvalue weighted by Crippen LogP contribution is 2.30. The number of aryl methyl sites for hydroxylation is 2. The molecule has 0 aliphatic carbocycles. The fourth-order valence-corrected chi connectivity index (χ4v) is 4.05. The van der Waals surface area contributed by atoms with Gasteiger partial charge in [0, 0.05) is 39.2 Å². The summed E-state index contributed by atoms with van der Waals surface area (Å²) in [6.45, 7) is 5.31. The third-order valence-corrected chi connectivity index (χ3v) is 6.25. The summed E-state index contributed by atoms with van der Waals surface area (Å²) in [7, 11) is 1.35. The number of ether oxygens (including phenoxy) is 2. The van der Waals surface area contributed by atoms with Crippen molar-refractivity contribution in [3.63, 3.8) is 0 Å². The summed E-state index contributed by atoms with van der Waals surface area (Å²) in [6, 6.07) is 14.8. The second-order valence-corrected chi connectivity index (χ2v) is 9.42. The molecule has 1 N–H and O–H groups in total. The van der Waals surface area contributed by atoms with Crippen molar-refractivity contribution in [1.82, 2.24) is 9.88 Å². The molecule has 214 valence electrons. The predicted octanol–water partition coefficient (Wildman–Crippen LogP) is 5.94. The second-order valence-electron chi connectivity index (χ2n) is 9.42. The van der Waals surface area contributed by atoms with Gasteiger partial charge in [-0.05, 0) is 78.4 Å². The largest absolute Gasteiger partial charge is 0.494 e. The average Bonchev–Trinajstić information content (AvgIpc) is 3.06. The van der Waals surface area contributed by atoms with Crippen LogP contribution in [0, 0.1) is 6.92 Å². The normalized spacial score (nSPS) is 12.9. The third-order valence-electron chi connectivity index (χ3n) is 6.25. The Bertz CT molecular complexity index is 1280. The summed E-state index contributed by atoms with van der Waals surface area (Å²) in [6.07, 6.45) is -0.807. The quantitative estimate of drug-likeness (QED) is 0.273. The molecule has 3 aromatic rings. The Kier molecular flexibility index (Phi) is 10.9. The Morgan fingerprint density at radius 2 is 1.77 bits per heavy atom. The minimum atomic E-state index is -4.38. The molecule has 0 unspecified atom stereocenters. The Hall–Kier alpha value is -4.08. The van der Waals surface area contributed by atoms with Gasteiger partial charge in [-0.15, -0.1) is 0 Å². The molecule has 4 rings (SSSR count).